The van der Waals surface area contributed by atoms with E-state index in [-0.39, 0.29) is 13.1 Å². The van der Waals surface area contributed by atoms with Crippen molar-refractivity contribution in [2.45, 2.75) is 5.67 Å². The topological polar surface area (TPSA) is 63.4 Å². The molecular weight excluding hydrogens is 275 g/mol. The lowest BCUT2D eigenvalue weighted by Gasteiger charge is -2.42. The Kier molecular flexibility index (Phi) is 2.50. The number of thiophene rings is 1. The second-order valence-electron chi connectivity index (χ2n) is 4.42. The maximum atomic E-state index is 14.6. The van der Waals surface area contributed by atoms with Gasteiger partial charge in [-0.15, -0.1) is 11.3 Å². The summed E-state index contributed by atoms with van der Waals surface area (Å²) in [4.78, 5) is 0. The Labute approximate surface area is 108 Å². The zero-order chi connectivity index (χ0) is 13.0. The molecular formula is C11H11FN2O2S2. The summed E-state index contributed by atoms with van der Waals surface area (Å²) >= 11 is 1.46. The Balaban J connectivity index is 1.98. The molecule has 0 spiro atoms. The van der Waals surface area contributed by atoms with Crippen LogP contribution in [0.15, 0.2) is 29.6 Å². The van der Waals surface area contributed by atoms with Gasteiger partial charge in [-0.05, 0) is 16.8 Å². The van der Waals surface area contributed by atoms with E-state index in [2.05, 4.69) is 0 Å². The van der Waals surface area contributed by atoms with Crippen LogP contribution in [0.1, 0.15) is 5.56 Å². The lowest BCUT2D eigenvalue weighted by Crippen LogP contribution is -2.60. The number of rotatable bonds is 2. The van der Waals surface area contributed by atoms with Crippen molar-refractivity contribution in [2.75, 3.05) is 13.1 Å². The highest BCUT2D eigenvalue weighted by molar-refractivity contribution is 7.86. The molecule has 0 amide bonds. The fourth-order valence-electron chi connectivity index (χ4n) is 2.19. The van der Waals surface area contributed by atoms with E-state index in [1.165, 1.54) is 11.3 Å². The summed E-state index contributed by atoms with van der Waals surface area (Å²) in [5.41, 5.74) is -1.06. The van der Waals surface area contributed by atoms with Crippen molar-refractivity contribution < 1.29 is 12.8 Å². The van der Waals surface area contributed by atoms with Crippen molar-refractivity contribution >= 4 is 31.6 Å². The Bertz CT molecular complexity index is 705. The van der Waals surface area contributed by atoms with E-state index in [0.717, 1.165) is 14.4 Å². The molecule has 4 nitrogen and oxygen atoms in total. The van der Waals surface area contributed by atoms with Gasteiger partial charge in [-0.3, -0.25) is 0 Å². The van der Waals surface area contributed by atoms with Crippen LogP contribution >= 0.6 is 11.3 Å². The molecule has 1 aliphatic heterocycles. The molecule has 1 aromatic heterocycles. The van der Waals surface area contributed by atoms with Crippen LogP contribution in [0.3, 0.4) is 0 Å². The fraction of sp³-hybridized carbons (Fsp3) is 0.273. The highest BCUT2D eigenvalue weighted by Crippen LogP contribution is 2.42. The van der Waals surface area contributed by atoms with E-state index in [4.69, 9.17) is 5.14 Å². The Morgan fingerprint density at radius 1 is 1.33 bits per heavy atom. The average Bonchev–Trinajstić information content (AvgIpc) is 2.67. The highest BCUT2D eigenvalue weighted by Gasteiger charge is 2.50. The van der Waals surface area contributed by atoms with E-state index in [1.807, 2.05) is 24.3 Å². The van der Waals surface area contributed by atoms with Gasteiger partial charge in [0.15, 0.2) is 5.67 Å². The van der Waals surface area contributed by atoms with Crippen LogP contribution in [-0.4, -0.2) is 25.8 Å². The third-order valence-corrected chi connectivity index (χ3v) is 5.12. The van der Waals surface area contributed by atoms with Crippen molar-refractivity contribution in [1.82, 2.24) is 4.31 Å². The van der Waals surface area contributed by atoms with Gasteiger partial charge >= 0.3 is 0 Å². The summed E-state index contributed by atoms with van der Waals surface area (Å²) in [5, 5.41) is 7.56. The molecule has 0 atom stereocenters. The lowest BCUT2D eigenvalue weighted by molar-refractivity contribution is 0.0196. The maximum Gasteiger partial charge on any atom is 0.277 e. The quantitative estimate of drug-likeness (QED) is 0.911. The van der Waals surface area contributed by atoms with E-state index in [9.17, 15) is 12.8 Å². The molecule has 0 unspecified atom stereocenters. The number of hydrogen-bond acceptors (Lipinski definition) is 3. The summed E-state index contributed by atoms with van der Waals surface area (Å²) < 4.78 is 38.7. The van der Waals surface area contributed by atoms with E-state index < -0.39 is 15.9 Å². The number of fused-ring (bicyclic) bond motifs is 1. The second kappa shape index (κ2) is 3.74. The lowest BCUT2D eigenvalue weighted by atomic mass is 9.90. The van der Waals surface area contributed by atoms with Crippen LogP contribution in [0.4, 0.5) is 4.39 Å². The molecule has 3 rings (SSSR count). The maximum absolute atomic E-state index is 14.6. The molecule has 2 N–H and O–H groups in total. The van der Waals surface area contributed by atoms with Crippen LogP contribution < -0.4 is 5.14 Å². The second-order valence-corrected chi connectivity index (χ2v) is 6.88. The van der Waals surface area contributed by atoms with Gasteiger partial charge in [0.25, 0.3) is 10.2 Å². The smallest absolute Gasteiger partial charge is 0.236 e. The molecule has 7 heteroatoms. The molecule has 0 bridgehead atoms. The van der Waals surface area contributed by atoms with Crippen LogP contribution in [0, 0.1) is 0 Å². The predicted octanol–water partition coefficient (Wildman–Crippen LogP) is 1.59. The van der Waals surface area contributed by atoms with Gasteiger partial charge in [0, 0.05) is 10.3 Å². The van der Waals surface area contributed by atoms with Crippen molar-refractivity contribution in [3.8, 4) is 0 Å². The number of halogens is 1. The highest BCUT2D eigenvalue weighted by atomic mass is 32.2. The van der Waals surface area contributed by atoms with E-state index in [1.54, 1.807) is 5.38 Å². The van der Waals surface area contributed by atoms with Crippen LogP contribution in [0.5, 0.6) is 0 Å². The molecule has 0 radical (unpaired) electrons. The zero-order valence-corrected chi connectivity index (χ0v) is 11.0. The average molecular weight is 286 g/mol. The number of nitrogens with two attached hydrogens (primary N) is 1. The fourth-order valence-corrected chi connectivity index (χ4v) is 4.00. The SMILES string of the molecule is NS(=O)(=O)N1CC(F)(c2csc3ccccc23)C1. The van der Waals surface area contributed by atoms with Crippen molar-refractivity contribution in [1.29, 1.82) is 0 Å². The van der Waals surface area contributed by atoms with Gasteiger partial charge in [-0.25, -0.2) is 9.53 Å². The minimum atomic E-state index is -3.78. The molecule has 1 saturated heterocycles. The number of alkyl halides is 1. The Morgan fingerprint density at radius 2 is 2.00 bits per heavy atom. The molecule has 2 heterocycles. The summed E-state index contributed by atoms with van der Waals surface area (Å²) in [5.74, 6) is 0. The first-order chi connectivity index (χ1) is 8.40. The Morgan fingerprint density at radius 3 is 2.67 bits per heavy atom. The first kappa shape index (κ1) is 12.0. The van der Waals surface area contributed by atoms with Gasteiger partial charge in [0.05, 0.1) is 13.1 Å². The third kappa shape index (κ3) is 1.74. The molecule has 1 fully saturated rings. The molecule has 96 valence electrons. The van der Waals surface area contributed by atoms with E-state index >= 15 is 0 Å². The number of benzene rings is 1. The minimum absolute atomic E-state index is 0.202. The monoisotopic (exact) mass is 286 g/mol. The largest absolute Gasteiger partial charge is 0.277 e. The van der Waals surface area contributed by atoms with Gasteiger partial charge in [0.2, 0.25) is 0 Å². The number of hydrogen-bond donors (Lipinski definition) is 1. The summed E-state index contributed by atoms with van der Waals surface area (Å²) in [7, 11) is -3.78. The first-order valence-electron chi connectivity index (χ1n) is 5.34. The van der Waals surface area contributed by atoms with Crippen molar-refractivity contribution in [2.24, 2.45) is 5.14 Å². The molecule has 0 aliphatic carbocycles. The van der Waals surface area contributed by atoms with Crippen LogP contribution in [0.2, 0.25) is 0 Å². The molecule has 18 heavy (non-hydrogen) atoms. The summed E-state index contributed by atoms with van der Waals surface area (Å²) in [6.45, 7) is -0.404. The summed E-state index contributed by atoms with van der Waals surface area (Å²) in [6, 6.07) is 7.51. The standard InChI is InChI=1S/C11H11FN2O2S2/c12-11(6-14(7-11)18(13,15)16)9-5-17-10-4-2-1-3-8(9)10/h1-5H,6-7H2,(H2,13,15,16). The summed E-state index contributed by atoms with van der Waals surface area (Å²) in [6.07, 6.45) is 0. The number of nitrogens with zero attached hydrogens (tertiary/aromatic N) is 1. The Hall–Kier alpha value is -1.02. The molecule has 1 aliphatic rings. The minimum Gasteiger partial charge on any atom is -0.236 e. The van der Waals surface area contributed by atoms with Crippen LogP contribution in [-0.2, 0) is 15.9 Å². The van der Waals surface area contributed by atoms with Gasteiger partial charge in [-0.2, -0.15) is 12.7 Å². The third-order valence-electron chi connectivity index (χ3n) is 3.18. The van der Waals surface area contributed by atoms with Gasteiger partial charge in [-0.1, -0.05) is 18.2 Å². The van der Waals surface area contributed by atoms with Gasteiger partial charge in [0.1, 0.15) is 0 Å². The first-order valence-corrected chi connectivity index (χ1v) is 7.72. The van der Waals surface area contributed by atoms with Gasteiger partial charge < -0.3 is 0 Å². The normalized spacial score (nSPS) is 19.9. The van der Waals surface area contributed by atoms with Crippen molar-refractivity contribution in [3.63, 3.8) is 0 Å². The van der Waals surface area contributed by atoms with Crippen LogP contribution in [0.25, 0.3) is 10.1 Å². The van der Waals surface area contributed by atoms with E-state index in [0.29, 0.717) is 5.56 Å². The zero-order valence-electron chi connectivity index (χ0n) is 9.34. The predicted molar refractivity (Wildman–Crippen MR) is 69.3 cm³/mol. The molecule has 1 aromatic carbocycles. The molecule has 0 saturated carbocycles. The molecule has 2 aromatic rings. The van der Waals surface area contributed by atoms with Crippen molar-refractivity contribution in [3.05, 3.63) is 35.2 Å².